The van der Waals surface area contributed by atoms with E-state index in [4.69, 9.17) is 0 Å². The molecular weight excluding hydrogens is 388 g/mol. The van der Waals surface area contributed by atoms with Gasteiger partial charge in [0.1, 0.15) is 5.82 Å². The molecule has 3 rings (SSSR count). The first-order valence-electron chi connectivity index (χ1n) is 7.28. The summed E-state index contributed by atoms with van der Waals surface area (Å²) in [5, 5.41) is 8.61. The van der Waals surface area contributed by atoms with Crippen LogP contribution >= 0.6 is 27.3 Å². The van der Waals surface area contributed by atoms with Gasteiger partial charge in [-0.3, -0.25) is 4.79 Å². The Bertz CT molecular complexity index is 848. The van der Waals surface area contributed by atoms with Crippen LogP contribution in [0, 0.1) is 6.92 Å². The lowest BCUT2D eigenvalue weighted by atomic mass is 10.3. The molecule has 24 heavy (non-hydrogen) atoms. The summed E-state index contributed by atoms with van der Waals surface area (Å²) in [4.78, 5) is 20.8. The van der Waals surface area contributed by atoms with Crippen LogP contribution in [0.4, 0.5) is 16.6 Å². The first-order chi connectivity index (χ1) is 11.6. The highest BCUT2D eigenvalue weighted by Gasteiger charge is 2.09. The number of hydrogen-bond donors (Lipinski definition) is 2. The number of hydrogen-bond acceptors (Lipinski definition) is 5. The third kappa shape index (κ3) is 4.62. The molecule has 0 bridgehead atoms. The average Bonchev–Trinajstić information content (AvgIpc) is 2.96. The van der Waals surface area contributed by atoms with E-state index in [1.165, 1.54) is 11.3 Å². The largest absolute Gasteiger partial charge is 0.326 e. The van der Waals surface area contributed by atoms with E-state index in [1.807, 2.05) is 48.7 Å². The number of aryl methyl sites for hydroxylation is 1. The van der Waals surface area contributed by atoms with E-state index in [2.05, 4.69) is 36.5 Å². The molecule has 0 aliphatic heterocycles. The predicted octanol–water partition coefficient (Wildman–Crippen LogP) is 4.53. The molecular formula is C17H15BrN4OS. The fraction of sp³-hybridized carbons (Fsp3) is 0.118. The molecule has 2 aromatic heterocycles. The van der Waals surface area contributed by atoms with Gasteiger partial charge in [-0.2, -0.15) is 0 Å². The molecule has 0 aliphatic carbocycles. The smallest absolute Gasteiger partial charge is 0.230 e. The molecule has 0 saturated heterocycles. The molecule has 0 aliphatic rings. The van der Waals surface area contributed by atoms with Crippen molar-refractivity contribution in [2.45, 2.75) is 13.3 Å². The first-order valence-corrected chi connectivity index (χ1v) is 8.95. The zero-order chi connectivity index (χ0) is 16.9. The fourth-order valence-corrected chi connectivity index (χ4v) is 3.04. The Balaban J connectivity index is 1.59. The summed E-state index contributed by atoms with van der Waals surface area (Å²) in [5.74, 6) is 0.651. The lowest BCUT2D eigenvalue weighted by Crippen LogP contribution is -2.14. The highest BCUT2D eigenvalue weighted by Crippen LogP contribution is 2.21. The molecule has 1 amide bonds. The quantitative estimate of drug-likeness (QED) is 0.657. The molecule has 122 valence electrons. The van der Waals surface area contributed by atoms with Crippen molar-refractivity contribution in [1.29, 1.82) is 0 Å². The SMILES string of the molecule is Cc1ccnc(Nc2nc(CC(=O)Nc3ccc(Br)cc3)cs2)c1. The molecule has 0 unspecified atom stereocenters. The third-order valence-electron chi connectivity index (χ3n) is 3.17. The van der Waals surface area contributed by atoms with E-state index < -0.39 is 0 Å². The molecule has 2 N–H and O–H groups in total. The van der Waals surface area contributed by atoms with Gasteiger partial charge in [0.2, 0.25) is 5.91 Å². The Morgan fingerprint density at radius 2 is 2.04 bits per heavy atom. The van der Waals surface area contributed by atoms with Gasteiger partial charge in [-0.1, -0.05) is 15.9 Å². The number of anilines is 3. The van der Waals surface area contributed by atoms with Crippen LogP contribution in [0.5, 0.6) is 0 Å². The van der Waals surface area contributed by atoms with E-state index in [-0.39, 0.29) is 12.3 Å². The number of amides is 1. The first kappa shape index (κ1) is 16.6. The normalized spacial score (nSPS) is 10.4. The second-order valence-electron chi connectivity index (χ2n) is 5.22. The van der Waals surface area contributed by atoms with E-state index in [9.17, 15) is 4.79 Å². The minimum absolute atomic E-state index is 0.0946. The second-order valence-corrected chi connectivity index (χ2v) is 6.99. The molecule has 1 aromatic carbocycles. The summed E-state index contributed by atoms with van der Waals surface area (Å²) in [6, 6.07) is 11.3. The van der Waals surface area contributed by atoms with E-state index in [1.54, 1.807) is 6.20 Å². The van der Waals surface area contributed by atoms with Gasteiger partial charge in [-0.15, -0.1) is 11.3 Å². The number of aromatic nitrogens is 2. The minimum Gasteiger partial charge on any atom is -0.326 e. The highest BCUT2D eigenvalue weighted by atomic mass is 79.9. The fourth-order valence-electron chi connectivity index (χ4n) is 2.06. The molecule has 0 radical (unpaired) electrons. The van der Waals surface area contributed by atoms with Crippen LogP contribution in [-0.4, -0.2) is 15.9 Å². The summed E-state index contributed by atoms with van der Waals surface area (Å²) in [6.45, 7) is 2.01. The maximum Gasteiger partial charge on any atom is 0.230 e. The number of rotatable bonds is 5. The monoisotopic (exact) mass is 402 g/mol. The summed E-state index contributed by atoms with van der Waals surface area (Å²) in [5.41, 5.74) is 2.61. The Kier molecular flexibility index (Phi) is 5.22. The van der Waals surface area contributed by atoms with Gasteiger partial charge < -0.3 is 10.6 Å². The predicted molar refractivity (Wildman–Crippen MR) is 101 cm³/mol. The highest BCUT2D eigenvalue weighted by molar-refractivity contribution is 9.10. The molecule has 0 saturated carbocycles. The van der Waals surface area contributed by atoms with Crippen LogP contribution in [0.1, 0.15) is 11.3 Å². The van der Waals surface area contributed by atoms with Gasteiger partial charge in [0.15, 0.2) is 5.13 Å². The average molecular weight is 403 g/mol. The van der Waals surface area contributed by atoms with Crippen molar-refractivity contribution >= 4 is 49.8 Å². The van der Waals surface area contributed by atoms with Gasteiger partial charge in [0.05, 0.1) is 12.1 Å². The van der Waals surface area contributed by atoms with Crippen molar-refractivity contribution in [3.8, 4) is 0 Å². The number of nitrogens with zero attached hydrogens (tertiary/aromatic N) is 2. The van der Waals surface area contributed by atoms with Gasteiger partial charge in [-0.25, -0.2) is 9.97 Å². The van der Waals surface area contributed by atoms with Crippen LogP contribution in [0.3, 0.4) is 0 Å². The Morgan fingerprint density at radius 3 is 2.79 bits per heavy atom. The topological polar surface area (TPSA) is 66.9 Å². The number of thiazole rings is 1. The maximum absolute atomic E-state index is 12.1. The Labute approximate surface area is 152 Å². The van der Waals surface area contributed by atoms with Crippen molar-refractivity contribution in [2.24, 2.45) is 0 Å². The molecule has 5 nitrogen and oxygen atoms in total. The molecule has 0 fully saturated rings. The molecule has 2 heterocycles. The van der Waals surface area contributed by atoms with Crippen LogP contribution in [0.15, 0.2) is 52.4 Å². The van der Waals surface area contributed by atoms with Crippen LogP contribution in [0.2, 0.25) is 0 Å². The summed E-state index contributed by atoms with van der Waals surface area (Å²) in [6.07, 6.45) is 1.98. The van der Waals surface area contributed by atoms with Crippen molar-refractivity contribution in [3.05, 3.63) is 63.7 Å². The summed E-state index contributed by atoms with van der Waals surface area (Å²) < 4.78 is 0.973. The maximum atomic E-state index is 12.1. The number of nitrogens with one attached hydrogen (secondary N) is 2. The lowest BCUT2D eigenvalue weighted by Gasteiger charge is -2.04. The Hall–Kier alpha value is -2.25. The van der Waals surface area contributed by atoms with Crippen molar-refractivity contribution in [2.75, 3.05) is 10.6 Å². The second kappa shape index (κ2) is 7.55. The van der Waals surface area contributed by atoms with E-state index >= 15 is 0 Å². The van der Waals surface area contributed by atoms with E-state index in [0.717, 1.165) is 32.4 Å². The van der Waals surface area contributed by atoms with Crippen LogP contribution in [0.25, 0.3) is 0 Å². The van der Waals surface area contributed by atoms with Crippen molar-refractivity contribution < 1.29 is 4.79 Å². The number of benzene rings is 1. The molecule has 7 heteroatoms. The summed E-state index contributed by atoms with van der Waals surface area (Å²) in [7, 11) is 0. The zero-order valence-corrected chi connectivity index (χ0v) is 15.3. The van der Waals surface area contributed by atoms with Crippen molar-refractivity contribution in [3.63, 3.8) is 0 Å². The number of pyridine rings is 1. The summed E-state index contributed by atoms with van der Waals surface area (Å²) >= 11 is 4.82. The Morgan fingerprint density at radius 1 is 1.25 bits per heavy atom. The van der Waals surface area contributed by atoms with E-state index in [0.29, 0.717) is 0 Å². The van der Waals surface area contributed by atoms with Crippen LogP contribution in [-0.2, 0) is 11.2 Å². The third-order valence-corrected chi connectivity index (χ3v) is 4.51. The van der Waals surface area contributed by atoms with Crippen LogP contribution < -0.4 is 10.6 Å². The number of halogens is 1. The molecule has 0 spiro atoms. The number of carbonyl (C=O) groups excluding carboxylic acids is 1. The van der Waals surface area contributed by atoms with Gasteiger partial charge in [-0.05, 0) is 48.9 Å². The lowest BCUT2D eigenvalue weighted by molar-refractivity contribution is -0.115. The molecule has 0 atom stereocenters. The van der Waals surface area contributed by atoms with Crippen molar-refractivity contribution in [1.82, 2.24) is 9.97 Å². The molecule has 3 aromatic rings. The number of carbonyl (C=O) groups is 1. The minimum atomic E-state index is -0.0946. The van der Waals surface area contributed by atoms with Gasteiger partial charge in [0.25, 0.3) is 0 Å². The zero-order valence-electron chi connectivity index (χ0n) is 12.9. The van der Waals surface area contributed by atoms with Gasteiger partial charge in [0, 0.05) is 21.7 Å². The van der Waals surface area contributed by atoms with Gasteiger partial charge >= 0.3 is 0 Å². The standard InChI is InChI=1S/C17H15BrN4OS/c1-11-6-7-19-15(8-11)22-17-21-14(10-24-17)9-16(23)20-13-4-2-12(18)3-5-13/h2-8,10H,9H2,1H3,(H,20,23)(H,19,21,22).